The predicted octanol–water partition coefficient (Wildman–Crippen LogP) is 2.49. The van der Waals surface area contributed by atoms with Crippen molar-refractivity contribution in [3.05, 3.63) is 76.7 Å². The molecule has 220 valence electrons. The monoisotopic (exact) mass is 568 g/mol. The number of halogens is 1. The quantitative estimate of drug-likeness (QED) is 0.336. The van der Waals surface area contributed by atoms with Crippen LogP contribution in [0, 0.1) is 5.82 Å². The molecule has 2 amide bonds. The summed E-state index contributed by atoms with van der Waals surface area (Å²) >= 11 is 0. The molecule has 0 spiro atoms. The van der Waals surface area contributed by atoms with Gasteiger partial charge in [-0.15, -0.1) is 0 Å². The van der Waals surface area contributed by atoms with Crippen LogP contribution in [-0.4, -0.2) is 67.0 Å². The van der Waals surface area contributed by atoms with E-state index in [4.69, 9.17) is 4.74 Å². The molecule has 0 aromatic heterocycles. The van der Waals surface area contributed by atoms with Crippen molar-refractivity contribution in [2.75, 3.05) is 18.4 Å². The molecule has 41 heavy (non-hydrogen) atoms. The number of benzene rings is 2. The summed E-state index contributed by atoms with van der Waals surface area (Å²) in [6.45, 7) is 13.0. The molecule has 0 bridgehead atoms. The van der Waals surface area contributed by atoms with Crippen molar-refractivity contribution in [1.29, 1.82) is 0 Å². The number of carbonyl (C=O) groups excluding carboxylic acids is 2. The average Bonchev–Trinajstić information content (AvgIpc) is 3.19. The molecule has 0 radical (unpaired) electrons. The van der Waals surface area contributed by atoms with Gasteiger partial charge in [0.05, 0.1) is 29.0 Å². The van der Waals surface area contributed by atoms with Crippen LogP contribution in [0.2, 0.25) is 0 Å². The molecule has 11 heteroatoms. The van der Waals surface area contributed by atoms with Crippen molar-refractivity contribution < 1.29 is 34.0 Å². The molecule has 2 aromatic carbocycles. The summed E-state index contributed by atoms with van der Waals surface area (Å²) in [6.07, 6.45) is -0.0220. The van der Waals surface area contributed by atoms with Gasteiger partial charge in [0.15, 0.2) is 5.72 Å². The maximum absolute atomic E-state index is 15.8. The Bertz CT molecular complexity index is 1410. The number of anilines is 1. The smallest absolute Gasteiger partial charge is 0.275 e. The lowest BCUT2D eigenvalue weighted by molar-refractivity contribution is -0.182. The van der Waals surface area contributed by atoms with Gasteiger partial charge in [-0.25, -0.2) is 4.39 Å². The van der Waals surface area contributed by atoms with Crippen LogP contribution in [-0.2, 0) is 28.5 Å². The summed E-state index contributed by atoms with van der Waals surface area (Å²) in [5.74, 6) is -4.40. The number of amides is 2. The Morgan fingerprint density at radius 2 is 1.76 bits per heavy atom. The van der Waals surface area contributed by atoms with Crippen molar-refractivity contribution in [2.24, 2.45) is 0 Å². The molecule has 3 aliphatic heterocycles. The molecule has 2 fully saturated rings. The second-order valence-corrected chi connectivity index (χ2v) is 12.4. The van der Waals surface area contributed by atoms with Crippen molar-refractivity contribution in [1.82, 2.24) is 15.1 Å². The molecule has 1 unspecified atom stereocenters. The van der Waals surface area contributed by atoms with Crippen LogP contribution in [0.1, 0.15) is 67.6 Å². The fourth-order valence-corrected chi connectivity index (χ4v) is 6.34. The molecular formula is C30H37FN4O6. The number of nitrogens with zero attached hydrogens (tertiary/aromatic N) is 2. The number of hydrogen-bond donors (Lipinski definition) is 5. The minimum absolute atomic E-state index is 0.00555. The van der Waals surface area contributed by atoms with Crippen molar-refractivity contribution >= 4 is 17.5 Å². The molecule has 1 atom stereocenters. The van der Waals surface area contributed by atoms with Crippen molar-refractivity contribution in [2.45, 2.75) is 76.5 Å². The van der Waals surface area contributed by atoms with E-state index in [1.807, 2.05) is 27.7 Å². The Balaban J connectivity index is 1.39. The molecule has 2 aromatic rings. The number of aliphatic hydroxyl groups is 3. The molecule has 0 aliphatic carbocycles. The molecule has 3 heterocycles. The SMILES string of the molecule is C=C1NC(=O)CCC1(O)N1Cc2c(NC(O)(O)c3cccc(CN4CC(C)(C)OC(C)(C)C4)c3F)cccc2C1=O. The Kier molecular flexibility index (Phi) is 7.03. The number of hydrogen-bond acceptors (Lipinski definition) is 8. The Morgan fingerprint density at radius 1 is 1.10 bits per heavy atom. The topological polar surface area (TPSA) is 135 Å². The van der Waals surface area contributed by atoms with Crippen LogP contribution in [0.4, 0.5) is 10.1 Å². The van der Waals surface area contributed by atoms with E-state index >= 15 is 4.39 Å². The highest BCUT2D eigenvalue weighted by Gasteiger charge is 2.48. The highest BCUT2D eigenvalue weighted by atomic mass is 19.1. The van der Waals surface area contributed by atoms with Gasteiger partial charge in [-0.2, -0.15) is 0 Å². The Hall–Kier alpha value is -3.35. The number of ether oxygens (including phenoxy) is 1. The lowest BCUT2D eigenvalue weighted by atomic mass is 9.97. The Labute approximate surface area is 238 Å². The molecule has 10 nitrogen and oxygen atoms in total. The van der Waals surface area contributed by atoms with E-state index in [9.17, 15) is 24.9 Å². The zero-order chi connectivity index (χ0) is 30.0. The first kappa shape index (κ1) is 29.2. The Morgan fingerprint density at radius 3 is 2.41 bits per heavy atom. The number of nitrogens with one attached hydrogen (secondary N) is 2. The minimum atomic E-state index is -2.82. The molecule has 3 aliphatic rings. The van der Waals surface area contributed by atoms with Crippen LogP contribution in [0.3, 0.4) is 0 Å². The van der Waals surface area contributed by atoms with E-state index in [0.29, 0.717) is 24.2 Å². The summed E-state index contributed by atoms with van der Waals surface area (Å²) < 4.78 is 21.9. The van der Waals surface area contributed by atoms with Crippen LogP contribution in [0.25, 0.3) is 0 Å². The fourth-order valence-electron chi connectivity index (χ4n) is 6.34. The summed E-state index contributed by atoms with van der Waals surface area (Å²) in [5.41, 5.74) is -1.96. The van der Waals surface area contributed by atoms with E-state index in [1.165, 1.54) is 17.0 Å². The van der Waals surface area contributed by atoms with Gasteiger partial charge >= 0.3 is 0 Å². The van der Waals surface area contributed by atoms with Gasteiger partial charge in [0.2, 0.25) is 5.91 Å². The van der Waals surface area contributed by atoms with E-state index < -0.39 is 34.6 Å². The summed E-state index contributed by atoms with van der Waals surface area (Å²) in [5, 5.41) is 38.6. The van der Waals surface area contributed by atoms with Crippen LogP contribution < -0.4 is 10.6 Å². The van der Waals surface area contributed by atoms with E-state index in [1.54, 1.807) is 24.3 Å². The van der Waals surface area contributed by atoms with Gasteiger partial charge < -0.3 is 35.6 Å². The number of rotatable bonds is 6. The second-order valence-electron chi connectivity index (χ2n) is 12.4. The average molecular weight is 569 g/mol. The number of morpholine rings is 1. The maximum Gasteiger partial charge on any atom is 0.275 e. The summed E-state index contributed by atoms with van der Waals surface area (Å²) in [7, 11) is 0. The molecule has 5 N–H and O–H groups in total. The van der Waals surface area contributed by atoms with E-state index in [0.717, 1.165) is 0 Å². The van der Waals surface area contributed by atoms with E-state index in [-0.39, 0.29) is 54.3 Å². The zero-order valence-corrected chi connectivity index (χ0v) is 23.8. The van der Waals surface area contributed by atoms with Crippen LogP contribution in [0.15, 0.2) is 48.7 Å². The van der Waals surface area contributed by atoms with Gasteiger partial charge in [-0.05, 0) is 45.9 Å². The normalized spacial score (nSPS) is 24.3. The minimum Gasteiger partial charge on any atom is -0.367 e. The van der Waals surface area contributed by atoms with Gasteiger partial charge in [0, 0.05) is 54.9 Å². The van der Waals surface area contributed by atoms with Gasteiger partial charge in [-0.3, -0.25) is 14.5 Å². The van der Waals surface area contributed by atoms with Gasteiger partial charge in [0.25, 0.3) is 11.8 Å². The van der Waals surface area contributed by atoms with Crippen LogP contribution >= 0.6 is 0 Å². The maximum atomic E-state index is 15.8. The first-order valence-corrected chi connectivity index (χ1v) is 13.6. The van der Waals surface area contributed by atoms with Crippen LogP contribution in [0.5, 0.6) is 0 Å². The number of fused-ring (bicyclic) bond motifs is 1. The standard InChI is InChI=1S/C30H37FN4O6/c1-18-29(38,13-12-24(36)32-18)35-15-21-20(26(35)37)9-7-11-23(21)33-30(39,40)22-10-6-8-19(25(22)31)14-34-16-27(2,3)41-28(4,5)17-34/h6-11,33,38-40H,1,12-17H2,2-5H3,(H,32,36). The van der Waals surface area contributed by atoms with Gasteiger partial charge in [0.1, 0.15) is 5.82 Å². The van der Waals surface area contributed by atoms with E-state index in [2.05, 4.69) is 22.1 Å². The highest BCUT2D eigenvalue weighted by Crippen LogP contribution is 2.39. The third-order valence-corrected chi connectivity index (χ3v) is 7.81. The molecule has 5 rings (SSSR count). The summed E-state index contributed by atoms with van der Waals surface area (Å²) in [6, 6.07) is 9.10. The fraction of sp³-hybridized carbons (Fsp3) is 0.467. The first-order chi connectivity index (χ1) is 19.0. The number of carbonyl (C=O) groups is 2. The molecular weight excluding hydrogens is 531 g/mol. The third-order valence-electron chi connectivity index (χ3n) is 7.81. The largest absolute Gasteiger partial charge is 0.367 e. The lowest BCUT2D eigenvalue weighted by Gasteiger charge is -2.47. The predicted molar refractivity (Wildman–Crippen MR) is 148 cm³/mol. The van der Waals surface area contributed by atoms with Gasteiger partial charge in [-0.1, -0.05) is 24.8 Å². The third kappa shape index (κ3) is 5.47. The second kappa shape index (κ2) is 9.88. The summed E-state index contributed by atoms with van der Waals surface area (Å²) in [4.78, 5) is 28.3. The molecule has 2 saturated heterocycles. The number of piperidine rings is 1. The van der Waals surface area contributed by atoms with Crippen molar-refractivity contribution in [3.8, 4) is 0 Å². The lowest BCUT2D eigenvalue weighted by Crippen LogP contribution is -2.57. The zero-order valence-electron chi connectivity index (χ0n) is 23.8. The molecule has 0 saturated carbocycles. The van der Waals surface area contributed by atoms with Crippen molar-refractivity contribution in [3.63, 3.8) is 0 Å². The first-order valence-electron chi connectivity index (χ1n) is 13.6. The highest BCUT2D eigenvalue weighted by molar-refractivity contribution is 6.01.